The van der Waals surface area contributed by atoms with Gasteiger partial charge in [-0.15, -0.1) is 0 Å². The summed E-state index contributed by atoms with van der Waals surface area (Å²) in [7, 11) is 0. The van der Waals surface area contributed by atoms with Gasteiger partial charge in [-0.1, -0.05) is 18.2 Å². The quantitative estimate of drug-likeness (QED) is 0.467. The summed E-state index contributed by atoms with van der Waals surface area (Å²) in [5, 5.41) is 11.6. The van der Waals surface area contributed by atoms with E-state index in [0.717, 1.165) is 17.5 Å². The van der Waals surface area contributed by atoms with Crippen LogP contribution in [-0.4, -0.2) is 41.9 Å². The summed E-state index contributed by atoms with van der Waals surface area (Å²) in [5.41, 5.74) is -1.23. The number of carbonyl (C=O) groups excluding carboxylic acids is 1. The van der Waals surface area contributed by atoms with Crippen molar-refractivity contribution in [3.05, 3.63) is 70.0 Å². The third-order valence-corrected chi connectivity index (χ3v) is 5.04. The fourth-order valence-corrected chi connectivity index (χ4v) is 3.53. The molecule has 10 heteroatoms. The van der Waals surface area contributed by atoms with Crippen LogP contribution in [0.1, 0.15) is 16.1 Å². The van der Waals surface area contributed by atoms with Crippen molar-refractivity contribution in [2.75, 3.05) is 31.1 Å². The van der Waals surface area contributed by atoms with Crippen molar-refractivity contribution in [2.24, 2.45) is 0 Å². The molecule has 0 atom stereocenters. The molecule has 0 spiro atoms. The third kappa shape index (κ3) is 3.68. The van der Waals surface area contributed by atoms with Gasteiger partial charge in [-0.3, -0.25) is 14.9 Å². The van der Waals surface area contributed by atoms with Gasteiger partial charge in [0.15, 0.2) is 5.76 Å². The number of benzene rings is 2. The number of alkyl halides is 3. The summed E-state index contributed by atoms with van der Waals surface area (Å²) >= 11 is 0. The lowest BCUT2D eigenvalue weighted by Gasteiger charge is -2.36. The van der Waals surface area contributed by atoms with Crippen molar-refractivity contribution in [3.8, 4) is 0 Å². The van der Waals surface area contributed by atoms with E-state index in [0.29, 0.717) is 11.6 Å². The normalized spacial score (nSPS) is 14.9. The molecule has 1 aromatic heterocycles. The van der Waals surface area contributed by atoms with Gasteiger partial charge in [0.05, 0.1) is 10.5 Å². The second-order valence-electron chi connectivity index (χ2n) is 6.88. The summed E-state index contributed by atoms with van der Waals surface area (Å²) in [5.74, 6) is -0.151. The molecule has 0 saturated carbocycles. The zero-order valence-electron chi connectivity index (χ0n) is 15.6. The van der Waals surface area contributed by atoms with Gasteiger partial charge in [0, 0.05) is 49.4 Å². The molecule has 3 aromatic rings. The Morgan fingerprint density at radius 1 is 1.03 bits per heavy atom. The molecule has 0 unspecified atom stereocenters. The number of nitrogens with zero attached hydrogens (tertiary/aromatic N) is 3. The topological polar surface area (TPSA) is 79.8 Å². The van der Waals surface area contributed by atoms with Gasteiger partial charge in [0.25, 0.3) is 11.6 Å². The maximum absolute atomic E-state index is 13.4. The first kappa shape index (κ1) is 19.7. The monoisotopic (exact) mass is 419 g/mol. The Morgan fingerprint density at radius 2 is 1.73 bits per heavy atom. The van der Waals surface area contributed by atoms with Crippen LogP contribution in [0.2, 0.25) is 0 Å². The van der Waals surface area contributed by atoms with E-state index in [1.165, 1.54) is 9.80 Å². The van der Waals surface area contributed by atoms with E-state index in [-0.39, 0.29) is 43.5 Å². The summed E-state index contributed by atoms with van der Waals surface area (Å²) in [6, 6.07) is 11.5. The molecule has 30 heavy (non-hydrogen) atoms. The van der Waals surface area contributed by atoms with Gasteiger partial charge in [0.1, 0.15) is 5.58 Å². The molecule has 2 heterocycles. The van der Waals surface area contributed by atoms with Crippen LogP contribution in [0.4, 0.5) is 24.5 Å². The number of non-ortho nitro benzene ring substituents is 1. The maximum atomic E-state index is 13.4. The maximum Gasteiger partial charge on any atom is 0.418 e. The number of nitro groups is 1. The standard InChI is InChI=1S/C20H16F3N3O4/c21-20(22,23)15-12-14(26(28)29)5-6-16(15)24-7-9-25(10-8-24)19(27)18-11-13-3-1-2-4-17(13)30-18/h1-6,11-12H,7-10H2. The molecule has 1 aliphatic rings. The van der Waals surface area contributed by atoms with E-state index in [1.807, 2.05) is 12.1 Å². The minimum Gasteiger partial charge on any atom is -0.451 e. The molecule has 0 N–H and O–H groups in total. The van der Waals surface area contributed by atoms with Gasteiger partial charge in [-0.05, 0) is 18.2 Å². The van der Waals surface area contributed by atoms with Crippen molar-refractivity contribution in [2.45, 2.75) is 6.18 Å². The molecule has 156 valence electrons. The first-order valence-corrected chi connectivity index (χ1v) is 9.12. The molecule has 1 amide bonds. The van der Waals surface area contributed by atoms with Gasteiger partial charge in [-0.25, -0.2) is 0 Å². The Bertz CT molecular complexity index is 1080. The van der Waals surface area contributed by atoms with E-state index in [2.05, 4.69) is 0 Å². The predicted molar refractivity (Wildman–Crippen MR) is 102 cm³/mol. The molecule has 1 aliphatic heterocycles. The van der Waals surface area contributed by atoms with Gasteiger partial charge < -0.3 is 14.2 Å². The zero-order valence-corrected chi connectivity index (χ0v) is 15.6. The van der Waals surface area contributed by atoms with E-state index in [4.69, 9.17) is 4.42 Å². The average molecular weight is 419 g/mol. The number of piperazine rings is 1. The molecule has 1 saturated heterocycles. The number of anilines is 1. The van der Waals surface area contributed by atoms with Crippen molar-refractivity contribution in [1.82, 2.24) is 4.90 Å². The molecule has 1 fully saturated rings. The van der Waals surface area contributed by atoms with E-state index in [9.17, 15) is 28.1 Å². The van der Waals surface area contributed by atoms with Crippen LogP contribution in [0.15, 0.2) is 52.9 Å². The predicted octanol–water partition coefficient (Wildman–Crippen LogP) is 4.32. The first-order chi connectivity index (χ1) is 14.2. The van der Waals surface area contributed by atoms with Crippen molar-refractivity contribution >= 4 is 28.3 Å². The van der Waals surface area contributed by atoms with Gasteiger partial charge in [-0.2, -0.15) is 13.2 Å². The van der Waals surface area contributed by atoms with Gasteiger partial charge >= 0.3 is 6.18 Å². The van der Waals surface area contributed by atoms with Crippen LogP contribution in [0, 0.1) is 10.1 Å². The minimum absolute atomic E-state index is 0.135. The number of rotatable bonds is 3. The number of halogens is 3. The Balaban J connectivity index is 1.52. The number of fused-ring (bicyclic) bond motifs is 1. The molecule has 0 bridgehead atoms. The number of nitro benzene ring substituents is 1. The number of para-hydroxylation sites is 1. The Morgan fingerprint density at radius 3 is 2.37 bits per heavy atom. The average Bonchev–Trinajstić information content (AvgIpc) is 3.16. The fraction of sp³-hybridized carbons (Fsp3) is 0.250. The molecular weight excluding hydrogens is 403 g/mol. The van der Waals surface area contributed by atoms with Crippen molar-refractivity contribution in [1.29, 1.82) is 0 Å². The molecular formula is C20H16F3N3O4. The Hall–Kier alpha value is -3.56. The number of hydrogen-bond acceptors (Lipinski definition) is 5. The number of carbonyl (C=O) groups is 1. The van der Waals surface area contributed by atoms with Crippen LogP contribution < -0.4 is 4.90 Å². The first-order valence-electron chi connectivity index (χ1n) is 9.12. The Labute approximate surface area is 168 Å². The zero-order chi connectivity index (χ0) is 21.5. The smallest absolute Gasteiger partial charge is 0.418 e. The highest BCUT2D eigenvalue weighted by molar-refractivity contribution is 5.96. The molecule has 2 aromatic carbocycles. The lowest BCUT2D eigenvalue weighted by molar-refractivity contribution is -0.385. The van der Waals surface area contributed by atoms with E-state index < -0.39 is 22.4 Å². The number of hydrogen-bond donors (Lipinski definition) is 0. The molecule has 0 aliphatic carbocycles. The molecule has 7 nitrogen and oxygen atoms in total. The van der Waals surface area contributed by atoms with Crippen molar-refractivity contribution < 1.29 is 27.3 Å². The van der Waals surface area contributed by atoms with Gasteiger partial charge in [0.2, 0.25) is 0 Å². The highest BCUT2D eigenvalue weighted by Gasteiger charge is 2.37. The third-order valence-electron chi connectivity index (χ3n) is 5.04. The highest BCUT2D eigenvalue weighted by atomic mass is 19.4. The summed E-state index contributed by atoms with van der Waals surface area (Å²) in [6.45, 7) is 0.716. The van der Waals surface area contributed by atoms with Crippen LogP contribution in [0.25, 0.3) is 11.0 Å². The summed E-state index contributed by atoms with van der Waals surface area (Å²) in [6.07, 6.45) is -4.73. The lowest BCUT2D eigenvalue weighted by atomic mass is 10.1. The highest BCUT2D eigenvalue weighted by Crippen LogP contribution is 2.39. The van der Waals surface area contributed by atoms with E-state index >= 15 is 0 Å². The SMILES string of the molecule is O=C(c1cc2ccccc2o1)N1CCN(c2ccc([N+](=O)[O-])cc2C(F)(F)F)CC1. The lowest BCUT2D eigenvalue weighted by Crippen LogP contribution is -2.49. The van der Waals surface area contributed by atoms with E-state index in [1.54, 1.807) is 18.2 Å². The van der Waals surface area contributed by atoms with Crippen LogP contribution in [0.3, 0.4) is 0 Å². The van der Waals surface area contributed by atoms with Crippen LogP contribution in [0.5, 0.6) is 0 Å². The number of amides is 1. The van der Waals surface area contributed by atoms with Crippen LogP contribution >= 0.6 is 0 Å². The fourth-order valence-electron chi connectivity index (χ4n) is 3.53. The summed E-state index contributed by atoms with van der Waals surface area (Å²) in [4.78, 5) is 25.7. The van der Waals surface area contributed by atoms with Crippen molar-refractivity contribution in [3.63, 3.8) is 0 Å². The molecule has 0 radical (unpaired) electrons. The largest absolute Gasteiger partial charge is 0.451 e. The number of furan rings is 1. The Kier molecular flexibility index (Phi) is 4.84. The summed E-state index contributed by atoms with van der Waals surface area (Å²) < 4.78 is 45.9. The second-order valence-corrected chi connectivity index (χ2v) is 6.88. The van der Waals surface area contributed by atoms with Crippen LogP contribution in [-0.2, 0) is 6.18 Å². The molecule has 4 rings (SSSR count). The minimum atomic E-state index is -4.73. The second kappa shape index (κ2) is 7.36.